The van der Waals surface area contributed by atoms with Crippen LogP contribution in [0, 0.1) is 17.0 Å². The number of aryl methyl sites for hydroxylation is 2. The van der Waals surface area contributed by atoms with E-state index in [4.69, 9.17) is 4.42 Å². The fourth-order valence-electron chi connectivity index (χ4n) is 3.59. The molecule has 0 atom stereocenters. The van der Waals surface area contributed by atoms with Crippen LogP contribution in [0.3, 0.4) is 0 Å². The van der Waals surface area contributed by atoms with Gasteiger partial charge in [0.1, 0.15) is 17.2 Å². The number of nitrogens with zero attached hydrogens (tertiary/aromatic N) is 3. The van der Waals surface area contributed by atoms with Gasteiger partial charge >= 0.3 is 0 Å². The van der Waals surface area contributed by atoms with Gasteiger partial charge in [0.15, 0.2) is 0 Å². The van der Waals surface area contributed by atoms with Crippen molar-refractivity contribution < 1.29 is 18.9 Å². The topological polar surface area (TPSA) is 132 Å². The molecule has 10 heteroatoms. The lowest BCUT2D eigenvalue weighted by molar-refractivity contribution is -0.384. The number of amides is 2. The highest BCUT2D eigenvalue weighted by molar-refractivity contribution is 6.05. The Labute approximate surface area is 212 Å². The molecule has 0 radical (unpaired) electrons. The molecule has 0 unspecified atom stereocenters. The molecule has 2 aromatic heterocycles. The average molecular weight is 500 g/mol. The predicted octanol–water partition coefficient (Wildman–Crippen LogP) is 4.34. The van der Waals surface area contributed by atoms with Crippen molar-refractivity contribution in [2.24, 2.45) is 0 Å². The van der Waals surface area contributed by atoms with Crippen molar-refractivity contribution in [2.75, 3.05) is 6.54 Å². The zero-order valence-corrected chi connectivity index (χ0v) is 20.1. The van der Waals surface area contributed by atoms with Gasteiger partial charge in [-0.15, -0.1) is 0 Å². The molecule has 0 aliphatic carbocycles. The molecule has 0 saturated carbocycles. The first-order chi connectivity index (χ1) is 17.9. The van der Waals surface area contributed by atoms with E-state index in [1.54, 1.807) is 67.1 Å². The predicted molar refractivity (Wildman–Crippen MR) is 137 cm³/mol. The first kappa shape index (κ1) is 25.1. The van der Waals surface area contributed by atoms with Crippen LogP contribution < -0.4 is 10.6 Å². The van der Waals surface area contributed by atoms with Crippen molar-refractivity contribution in [1.82, 2.24) is 20.2 Å². The fourth-order valence-corrected chi connectivity index (χ4v) is 3.59. The van der Waals surface area contributed by atoms with Crippen LogP contribution >= 0.6 is 0 Å². The number of hydrogen-bond acceptors (Lipinski definition) is 6. The summed E-state index contributed by atoms with van der Waals surface area (Å²) in [5.74, 6) is -0.426. The summed E-state index contributed by atoms with van der Waals surface area (Å²) in [7, 11) is 0. The zero-order chi connectivity index (χ0) is 26.2. The highest BCUT2D eigenvalue weighted by Crippen LogP contribution is 2.31. The third-order valence-corrected chi connectivity index (χ3v) is 5.52. The minimum atomic E-state index is -0.491. The number of carbonyl (C=O) groups is 2. The number of carbonyl (C=O) groups excluding carboxylic acids is 2. The number of imidazole rings is 1. The molecule has 0 aliphatic heterocycles. The standard InChI is InChI=1S/C27H25N5O5/c1-19-7-9-20(10-8-19)26(33)30-23(27(34)29-13-4-15-31-16-14-28-18-31)17-21-11-12-25(37-21)22-5-2-3-6-24(22)32(35)36/h2-3,5-12,14,16-18H,4,13,15H2,1H3,(H,29,34)(H,30,33)/b23-17-. The lowest BCUT2D eigenvalue weighted by Crippen LogP contribution is -2.35. The summed E-state index contributed by atoms with van der Waals surface area (Å²) in [5, 5.41) is 16.9. The Balaban J connectivity index is 1.54. The van der Waals surface area contributed by atoms with Crippen LogP contribution in [0.2, 0.25) is 0 Å². The van der Waals surface area contributed by atoms with E-state index in [-0.39, 0.29) is 22.9 Å². The molecule has 2 N–H and O–H groups in total. The highest BCUT2D eigenvalue weighted by Gasteiger charge is 2.19. The SMILES string of the molecule is Cc1ccc(C(=O)N/C(=C\c2ccc(-c3ccccc3[N+](=O)[O-])o2)C(=O)NCCCn2ccnc2)cc1. The second-order valence-electron chi connectivity index (χ2n) is 8.26. The molecule has 2 heterocycles. The lowest BCUT2D eigenvalue weighted by atomic mass is 10.1. The number of para-hydroxylation sites is 1. The van der Waals surface area contributed by atoms with E-state index >= 15 is 0 Å². The molecule has 0 aliphatic rings. The molecule has 188 valence electrons. The van der Waals surface area contributed by atoms with E-state index < -0.39 is 16.7 Å². The summed E-state index contributed by atoms with van der Waals surface area (Å²) in [4.78, 5) is 40.7. The number of nitro benzene ring substituents is 1. The maximum Gasteiger partial charge on any atom is 0.280 e. The number of rotatable bonds is 10. The van der Waals surface area contributed by atoms with Gasteiger partial charge in [0.05, 0.1) is 16.8 Å². The van der Waals surface area contributed by atoms with Crippen LogP contribution in [0.15, 0.2) is 89.5 Å². The van der Waals surface area contributed by atoms with Gasteiger partial charge in [0.2, 0.25) is 0 Å². The van der Waals surface area contributed by atoms with Gasteiger partial charge in [-0.25, -0.2) is 4.98 Å². The Bertz CT molecular complexity index is 1420. The van der Waals surface area contributed by atoms with Crippen LogP contribution in [0.25, 0.3) is 17.4 Å². The summed E-state index contributed by atoms with van der Waals surface area (Å²) < 4.78 is 7.69. The van der Waals surface area contributed by atoms with Crippen molar-refractivity contribution in [3.05, 3.63) is 112 Å². The lowest BCUT2D eigenvalue weighted by Gasteiger charge is -2.11. The average Bonchev–Trinajstić information content (AvgIpc) is 3.59. The Morgan fingerprint density at radius 2 is 1.89 bits per heavy atom. The van der Waals surface area contributed by atoms with Gasteiger partial charge < -0.3 is 19.6 Å². The van der Waals surface area contributed by atoms with Crippen LogP contribution in [0.1, 0.15) is 28.1 Å². The molecule has 0 fully saturated rings. The minimum Gasteiger partial charge on any atom is -0.456 e. The number of nitrogens with one attached hydrogen (secondary N) is 2. The number of benzene rings is 2. The van der Waals surface area contributed by atoms with Gasteiger partial charge in [-0.1, -0.05) is 29.8 Å². The van der Waals surface area contributed by atoms with Crippen molar-refractivity contribution in [3.8, 4) is 11.3 Å². The molecule has 0 bridgehead atoms. The second kappa shape index (κ2) is 11.6. The molecule has 4 aromatic rings. The van der Waals surface area contributed by atoms with Crippen LogP contribution in [0.5, 0.6) is 0 Å². The van der Waals surface area contributed by atoms with E-state index in [9.17, 15) is 19.7 Å². The quantitative estimate of drug-likeness (QED) is 0.144. The second-order valence-corrected chi connectivity index (χ2v) is 8.26. The molecule has 2 amide bonds. The summed E-state index contributed by atoms with van der Waals surface area (Å²) in [5.41, 5.74) is 1.58. The van der Waals surface area contributed by atoms with Crippen LogP contribution in [-0.2, 0) is 11.3 Å². The van der Waals surface area contributed by atoms with Gasteiger partial charge in [-0.2, -0.15) is 0 Å². The minimum absolute atomic E-state index is 0.0170. The van der Waals surface area contributed by atoms with Gasteiger partial charge in [0.25, 0.3) is 17.5 Å². The molecule has 2 aromatic carbocycles. The third kappa shape index (κ3) is 6.57. The smallest absolute Gasteiger partial charge is 0.280 e. The maximum atomic E-state index is 13.0. The van der Waals surface area contributed by atoms with E-state index in [0.29, 0.717) is 30.6 Å². The summed E-state index contributed by atoms with van der Waals surface area (Å²) in [6, 6.07) is 16.3. The summed E-state index contributed by atoms with van der Waals surface area (Å²) >= 11 is 0. The summed E-state index contributed by atoms with van der Waals surface area (Å²) in [6.45, 7) is 2.96. The Kier molecular flexibility index (Phi) is 7.89. The van der Waals surface area contributed by atoms with E-state index in [2.05, 4.69) is 15.6 Å². The molecular formula is C27H25N5O5. The largest absolute Gasteiger partial charge is 0.456 e. The van der Waals surface area contributed by atoms with Gasteiger partial charge in [-0.3, -0.25) is 19.7 Å². The normalized spacial score (nSPS) is 11.2. The first-order valence-corrected chi connectivity index (χ1v) is 11.6. The van der Waals surface area contributed by atoms with E-state index in [0.717, 1.165) is 5.56 Å². The molecule has 0 spiro atoms. The molecule has 10 nitrogen and oxygen atoms in total. The highest BCUT2D eigenvalue weighted by atomic mass is 16.6. The van der Waals surface area contributed by atoms with Crippen LogP contribution in [0.4, 0.5) is 5.69 Å². The van der Waals surface area contributed by atoms with Gasteiger partial charge in [0, 0.05) is 43.2 Å². The molecule has 0 saturated heterocycles. The molecule has 4 rings (SSSR count). The van der Waals surface area contributed by atoms with Gasteiger partial charge in [-0.05, 0) is 43.7 Å². The fraction of sp³-hybridized carbons (Fsp3) is 0.148. The van der Waals surface area contributed by atoms with Crippen molar-refractivity contribution in [3.63, 3.8) is 0 Å². The van der Waals surface area contributed by atoms with E-state index in [1.165, 1.54) is 12.1 Å². The third-order valence-electron chi connectivity index (χ3n) is 5.52. The number of furan rings is 1. The Morgan fingerprint density at radius 3 is 2.62 bits per heavy atom. The van der Waals surface area contributed by atoms with Crippen molar-refractivity contribution >= 4 is 23.6 Å². The maximum absolute atomic E-state index is 13.0. The van der Waals surface area contributed by atoms with Crippen LogP contribution in [-0.4, -0.2) is 32.8 Å². The first-order valence-electron chi connectivity index (χ1n) is 11.6. The monoisotopic (exact) mass is 499 g/mol. The van der Waals surface area contributed by atoms with E-state index in [1.807, 2.05) is 17.7 Å². The van der Waals surface area contributed by atoms with Crippen molar-refractivity contribution in [1.29, 1.82) is 0 Å². The van der Waals surface area contributed by atoms with Crippen molar-refractivity contribution in [2.45, 2.75) is 19.9 Å². The Hall–Kier alpha value is -4.99. The number of aromatic nitrogens is 2. The zero-order valence-electron chi connectivity index (χ0n) is 20.1. The summed E-state index contributed by atoms with van der Waals surface area (Å²) in [6.07, 6.45) is 7.27. The Morgan fingerprint density at radius 1 is 1.11 bits per heavy atom. The molecule has 37 heavy (non-hydrogen) atoms. The number of nitro groups is 1. The molecular weight excluding hydrogens is 474 g/mol. The number of hydrogen-bond donors (Lipinski definition) is 2.